The molecular weight excluding hydrogens is 214 g/mol. The normalized spacial score (nSPS) is 25.5. The van der Waals surface area contributed by atoms with Gasteiger partial charge in [-0.3, -0.25) is 9.78 Å². The summed E-state index contributed by atoms with van der Waals surface area (Å²) in [4.78, 5) is 16.2. The molecule has 0 saturated carbocycles. The molecule has 0 bridgehead atoms. The number of nitrogens with one attached hydrogen (secondary N) is 2. The summed E-state index contributed by atoms with van der Waals surface area (Å²) in [5.41, 5.74) is 0.823. The Hall–Kier alpha value is -1.42. The second kappa shape index (κ2) is 4.84. The molecule has 2 heterocycles. The number of pyridine rings is 1. The van der Waals surface area contributed by atoms with E-state index in [2.05, 4.69) is 15.6 Å². The smallest absolute Gasteiger partial charge is 0.227 e. The third-order valence-electron chi connectivity index (χ3n) is 3.47. The van der Waals surface area contributed by atoms with E-state index < -0.39 is 0 Å². The SMILES string of the molecule is C[C@H](NC(=O)C1(C)CCNC1)c1ccncc1. The zero-order chi connectivity index (χ0) is 12.3. The van der Waals surface area contributed by atoms with E-state index in [0.29, 0.717) is 0 Å². The summed E-state index contributed by atoms with van der Waals surface area (Å²) in [5.74, 6) is 0.131. The first-order valence-corrected chi connectivity index (χ1v) is 6.03. The van der Waals surface area contributed by atoms with Crippen molar-refractivity contribution in [2.75, 3.05) is 13.1 Å². The molecule has 2 rings (SSSR count). The molecule has 17 heavy (non-hydrogen) atoms. The number of hydrogen-bond donors (Lipinski definition) is 2. The van der Waals surface area contributed by atoms with E-state index >= 15 is 0 Å². The molecule has 1 aliphatic heterocycles. The molecule has 1 aromatic rings. The molecule has 1 aromatic heterocycles. The van der Waals surface area contributed by atoms with Crippen LogP contribution in [0.3, 0.4) is 0 Å². The average Bonchev–Trinajstić information content (AvgIpc) is 2.78. The summed E-state index contributed by atoms with van der Waals surface area (Å²) >= 11 is 0. The quantitative estimate of drug-likeness (QED) is 0.826. The van der Waals surface area contributed by atoms with Crippen molar-refractivity contribution in [3.8, 4) is 0 Å². The fourth-order valence-electron chi connectivity index (χ4n) is 2.12. The Bertz CT molecular complexity index is 385. The van der Waals surface area contributed by atoms with E-state index in [4.69, 9.17) is 0 Å². The number of rotatable bonds is 3. The molecule has 1 aliphatic rings. The minimum atomic E-state index is -0.263. The lowest BCUT2D eigenvalue weighted by Crippen LogP contribution is -2.41. The van der Waals surface area contributed by atoms with Gasteiger partial charge in [-0.1, -0.05) is 0 Å². The zero-order valence-corrected chi connectivity index (χ0v) is 10.4. The summed E-state index contributed by atoms with van der Waals surface area (Å²) < 4.78 is 0. The molecule has 0 radical (unpaired) electrons. The second-order valence-corrected chi connectivity index (χ2v) is 4.96. The summed E-state index contributed by atoms with van der Waals surface area (Å²) in [6.07, 6.45) is 4.40. The fourth-order valence-corrected chi connectivity index (χ4v) is 2.12. The Balaban J connectivity index is 1.99. The van der Waals surface area contributed by atoms with Gasteiger partial charge >= 0.3 is 0 Å². The largest absolute Gasteiger partial charge is 0.349 e. The molecular formula is C13H19N3O. The van der Waals surface area contributed by atoms with Gasteiger partial charge in [0.25, 0.3) is 0 Å². The number of aromatic nitrogens is 1. The Labute approximate surface area is 102 Å². The van der Waals surface area contributed by atoms with Crippen molar-refractivity contribution in [3.63, 3.8) is 0 Å². The average molecular weight is 233 g/mol. The van der Waals surface area contributed by atoms with E-state index in [-0.39, 0.29) is 17.4 Å². The van der Waals surface area contributed by atoms with Gasteiger partial charge in [-0.15, -0.1) is 0 Å². The van der Waals surface area contributed by atoms with E-state index in [9.17, 15) is 4.79 Å². The zero-order valence-electron chi connectivity index (χ0n) is 10.4. The first-order valence-electron chi connectivity index (χ1n) is 6.03. The van der Waals surface area contributed by atoms with Gasteiger partial charge in [-0.25, -0.2) is 0 Å². The van der Waals surface area contributed by atoms with Gasteiger partial charge in [0.2, 0.25) is 5.91 Å². The number of amides is 1. The third kappa shape index (κ3) is 2.64. The fraction of sp³-hybridized carbons (Fsp3) is 0.538. The van der Waals surface area contributed by atoms with Crippen molar-refractivity contribution >= 4 is 5.91 Å². The number of carbonyl (C=O) groups is 1. The van der Waals surface area contributed by atoms with Crippen LogP contribution in [0.25, 0.3) is 0 Å². The first kappa shape index (κ1) is 12.0. The second-order valence-electron chi connectivity index (χ2n) is 4.96. The number of carbonyl (C=O) groups excluding carboxylic acids is 1. The van der Waals surface area contributed by atoms with E-state index in [0.717, 1.165) is 25.1 Å². The van der Waals surface area contributed by atoms with Gasteiger partial charge in [-0.05, 0) is 44.5 Å². The maximum absolute atomic E-state index is 12.2. The summed E-state index contributed by atoms with van der Waals surface area (Å²) in [5, 5.41) is 6.31. The minimum absolute atomic E-state index is 0.0305. The van der Waals surface area contributed by atoms with Gasteiger partial charge in [0.15, 0.2) is 0 Å². The molecule has 92 valence electrons. The number of nitrogens with zero attached hydrogens (tertiary/aromatic N) is 1. The van der Waals surface area contributed by atoms with Crippen LogP contribution in [0.2, 0.25) is 0 Å². The van der Waals surface area contributed by atoms with Gasteiger partial charge < -0.3 is 10.6 Å². The molecule has 1 saturated heterocycles. The van der Waals surface area contributed by atoms with Crippen molar-refractivity contribution < 1.29 is 4.79 Å². The summed E-state index contributed by atoms with van der Waals surface area (Å²) in [6.45, 7) is 5.70. The summed E-state index contributed by atoms with van der Waals surface area (Å²) in [6, 6.07) is 3.89. The van der Waals surface area contributed by atoms with Crippen molar-refractivity contribution in [2.24, 2.45) is 5.41 Å². The van der Waals surface area contributed by atoms with E-state index in [1.165, 1.54) is 0 Å². The van der Waals surface area contributed by atoms with Crippen LogP contribution in [-0.2, 0) is 4.79 Å². The monoisotopic (exact) mass is 233 g/mol. The standard InChI is InChI=1S/C13H19N3O/c1-10(11-3-6-14-7-4-11)16-12(17)13(2)5-8-15-9-13/h3-4,6-7,10,15H,5,8-9H2,1-2H3,(H,16,17)/t10-,13?/m0/s1. The first-order chi connectivity index (χ1) is 8.12. The Morgan fingerprint density at radius 2 is 2.24 bits per heavy atom. The van der Waals surface area contributed by atoms with Gasteiger partial charge in [0.05, 0.1) is 11.5 Å². The highest BCUT2D eigenvalue weighted by molar-refractivity contribution is 5.83. The van der Waals surface area contributed by atoms with Crippen LogP contribution in [0.15, 0.2) is 24.5 Å². The van der Waals surface area contributed by atoms with Crippen molar-refractivity contribution in [1.82, 2.24) is 15.6 Å². The highest BCUT2D eigenvalue weighted by atomic mass is 16.2. The molecule has 2 N–H and O–H groups in total. The van der Waals surface area contributed by atoms with Gasteiger partial charge in [0, 0.05) is 18.9 Å². The summed E-state index contributed by atoms with van der Waals surface area (Å²) in [7, 11) is 0. The predicted molar refractivity (Wildman–Crippen MR) is 66.4 cm³/mol. The Kier molecular flexibility index (Phi) is 3.43. The van der Waals surface area contributed by atoms with Crippen LogP contribution in [0, 0.1) is 5.41 Å². The van der Waals surface area contributed by atoms with Crippen LogP contribution in [0.5, 0.6) is 0 Å². The van der Waals surface area contributed by atoms with E-state index in [1.807, 2.05) is 26.0 Å². The van der Waals surface area contributed by atoms with Crippen LogP contribution >= 0.6 is 0 Å². The third-order valence-corrected chi connectivity index (χ3v) is 3.47. The van der Waals surface area contributed by atoms with Crippen LogP contribution in [-0.4, -0.2) is 24.0 Å². The van der Waals surface area contributed by atoms with Crippen molar-refractivity contribution in [1.29, 1.82) is 0 Å². The van der Waals surface area contributed by atoms with Crippen LogP contribution in [0.4, 0.5) is 0 Å². The lowest BCUT2D eigenvalue weighted by Gasteiger charge is -2.24. The molecule has 0 spiro atoms. The minimum Gasteiger partial charge on any atom is -0.349 e. The number of hydrogen-bond acceptors (Lipinski definition) is 3. The van der Waals surface area contributed by atoms with Crippen LogP contribution in [0.1, 0.15) is 31.9 Å². The molecule has 1 unspecified atom stereocenters. The molecule has 0 aromatic carbocycles. The maximum Gasteiger partial charge on any atom is 0.227 e. The van der Waals surface area contributed by atoms with E-state index in [1.54, 1.807) is 12.4 Å². The highest BCUT2D eigenvalue weighted by Crippen LogP contribution is 2.25. The lowest BCUT2D eigenvalue weighted by atomic mass is 9.88. The lowest BCUT2D eigenvalue weighted by molar-refractivity contribution is -0.129. The van der Waals surface area contributed by atoms with Crippen LogP contribution < -0.4 is 10.6 Å². The van der Waals surface area contributed by atoms with Crippen molar-refractivity contribution in [2.45, 2.75) is 26.3 Å². The molecule has 1 fully saturated rings. The molecule has 4 heteroatoms. The van der Waals surface area contributed by atoms with Gasteiger partial charge in [-0.2, -0.15) is 0 Å². The molecule has 4 nitrogen and oxygen atoms in total. The van der Waals surface area contributed by atoms with Crippen molar-refractivity contribution in [3.05, 3.63) is 30.1 Å². The maximum atomic E-state index is 12.2. The Morgan fingerprint density at radius 3 is 2.82 bits per heavy atom. The topological polar surface area (TPSA) is 54.0 Å². The predicted octanol–water partition coefficient (Wildman–Crippen LogP) is 1.26. The van der Waals surface area contributed by atoms with Gasteiger partial charge in [0.1, 0.15) is 0 Å². The molecule has 2 atom stereocenters. The Morgan fingerprint density at radius 1 is 1.53 bits per heavy atom. The highest BCUT2D eigenvalue weighted by Gasteiger charge is 2.36. The molecule has 1 amide bonds. The molecule has 0 aliphatic carbocycles.